The predicted octanol–water partition coefficient (Wildman–Crippen LogP) is 2.93. The van der Waals surface area contributed by atoms with E-state index in [2.05, 4.69) is 5.32 Å². The van der Waals surface area contributed by atoms with E-state index < -0.39 is 0 Å². The van der Waals surface area contributed by atoms with Crippen LogP contribution in [0.3, 0.4) is 0 Å². The highest BCUT2D eigenvalue weighted by Gasteiger charge is 2.24. The van der Waals surface area contributed by atoms with E-state index in [1.807, 2.05) is 12.1 Å². The molecule has 0 fully saturated rings. The maximum atomic E-state index is 12.9. The number of carbonyl (C=O) groups excluding carboxylic acids is 2. The van der Waals surface area contributed by atoms with Gasteiger partial charge in [-0.2, -0.15) is 0 Å². The molecule has 0 saturated carbocycles. The molecule has 6 heteroatoms. The Labute approximate surface area is 151 Å². The maximum absolute atomic E-state index is 12.9. The van der Waals surface area contributed by atoms with Gasteiger partial charge < -0.3 is 15.0 Å². The van der Waals surface area contributed by atoms with Crippen LogP contribution in [0.15, 0.2) is 42.5 Å². The summed E-state index contributed by atoms with van der Waals surface area (Å²) < 4.78 is 18.0. The summed E-state index contributed by atoms with van der Waals surface area (Å²) in [5.74, 6) is -0.404. The Kier molecular flexibility index (Phi) is 5.63. The zero-order valence-corrected chi connectivity index (χ0v) is 14.6. The second-order valence-corrected chi connectivity index (χ2v) is 6.23. The molecule has 26 heavy (non-hydrogen) atoms. The minimum absolute atomic E-state index is 0.0858. The van der Waals surface area contributed by atoms with Crippen LogP contribution in [-0.4, -0.2) is 32.1 Å². The van der Waals surface area contributed by atoms with Crippen LogP contribution in [0.2, 0.25) is 0 Å². The van der Waals surface area contributed by atoms with Gasteiger partial charge in [0.2, 0.25) is 11.8 Å². The summed E-state index contributed by atoms with van der Waals surface area (Å²) in [5, 5.41) is 2.86. The molecule has 0 radical (unpaired) electrons. The van der Waals surface area contributed by atoms with Gasteiger partial charge in [-0.05, 0) is 47.9 Å². The lowest BCUT2D eigenvalue weighted by atomic mass is 10.0. The molecule has 0 saturated heterocycles. The number of anilines is 2. The van der Waals surface area contributed by atoms with Crippen molar-refractivity contribution >= 4 is 23.2 Å². The van der Waals surface area contributed by atoms with E-state index in [-0.39, 0.29) is 24.1 Å². The largest absolute Gasteiger partial charge is 0.383 e. The molecule has 0 spiro atoms. The number of amides is 2. The van der Waals surface area contributed by atoms with Gasteiger partial charge in [0.15, 0.2) is 0 Å². The molecule has 1 aliphatic rings. The van der Waals surface area contributed by atoms with Crippen LogP contribution in [0.1, 0.15) is 17.5 Å². The quantitative estimate of drug-likeness (QED) is 0.866. The molecule has 2 aromatic carbocycles. The summed E-state index contributed by atoms with van der Waals surface area (Å²) in [6, 6.07) is 11.4. The van der Waals surface area contributed by atoms with E-state index in [0.717, 1.165) is 16.8 Å². The van der Waals surface area contributed by atoms with Gasteiger partial charge in [0, 0.05) is 31.5 Å². The molecule has 136 valence electrons. The fourth-order valence-electron chi connectivity index (χ4n) is 3.06. The van der Waals surface area contributed by atoms with Gasteiger partial charge in [-0.15, -0.1) is 0 Å². The molecule has 0 unspecified atom stereocenters. The number of halogens is 1. The summed E-state index contributed by atoms with van der Waals surface area (Å²) in [6.07, 6.45) is 1.28. The molecule has 1 N–H and O–H groups in total. The number of aryl methyl sites for hydroxylation is 1. The molecule has 0 atom stereocenters. The highest BCUT2D eigenvalue weighted by atomic mass is 19.1. The summed E-state index contributed by atoms with van der Waals surface area (Å²) in [5.41, 5.74) is 3.34. The summed E-state index contributed by atoms with van der Waals surface area (Å²) in [6.45, 7) is 0.986. The van der Waals surface area contributed by atoms with Gasteiger partial charge in [0.1, 0.15) is 5.82 Å². The van der Waals surface area contributed by atoms with Crippen LogP contribution < -0.4 is 10.2 Å². The molecule has 0 bridgehead atoms. The number of carbonyl (C=O) groups is 2. The zero-order valence-electron chi connectivity index (χ0n) is 14.6. The van der Waals surface area contributed by atoms with E-state index in [1.54, 1.807) is 30.2 Å². The normalized spacial score (nSPS) is 13.5. The Morgan fingerprint density at radius 1 is 1.19 bits per heavy atom. The Morgan fingerprint density at radius 3 is 2.69 bits per heavy atom. The number of ether oxygens (including phenoxy) is 1. The van der Waals surface area contributed by atoms with Gasteiger partial charge in [0.25, 0.3) is 0 Å². The van der Waals surface area contributed by atoms with Crippen molar-refractivity contribution in [3.05, 3.63) is 59.4 Å². The third kappa shape index (κ3) is 4.26. The van der Waals surface area contributed by atoms with Crippen molar-refractivity contribution < 1.29 is 18.7 Å². The molecule has 2 aromatic rings. The third-order valence-corrected chi connectivity index (χ3v) is 4.36. The van der Waals surface area contributed by atoms with Crippen molar-refractivity contribution in [2.45, 2.75) is 19.3 Å². The second-order valence-electron chi connectivity index (χ2n) is 6.23. The number of nitrogens with zero attached hydrogens (tertiary/aromatic N) is 1. The van der Waals surface area contributed by atoms with Crippen molar-refractivity contribution in [2.24, 2.45) is 0 Å². The highest BCUT2D eigenvalue weighted by molar-refractivity contribution is 5.98. The molecule has 1 heterocycles. The first-order valence-corrected chi connectivity index (χ1v) is 8.53. The Bertz CT molecular complexity index is 805. The van der Waals surface area contributed by atoms with Crippen LogP contribution in [0, 0.1) is 5.82 Å². The molecule has 3 rings (SSSR count). The van der Waals surface area contributed by atoms with Gasteiger partial charge >= 0.3 is 0 Å². The standard InChI is InChI=1S/C20H21FN2O3/c1-26-11-10-23-18-8-7-17(13-15(18)4-9-20(23)25)22-19(24)12-14-2-5-16(21)6-3-14/h2-3,5-8,13H,4,9-12H2,1H3,(H,22,24). The molecule has 0 aliphatic carbocycles. The highest BCUT2D eigenvalue weighted by Crippen LogP contribution is 2.30. The number of fused-ring (bicyclic) bond motifs is 1. The second kappa shape index (κ2) is 8.10. The van der Waals surface area contributed by atoms with Crippen LogP contribution in [0.5, 0.6) is 0 Å². The fourth-order valence-corrected chi connectivity index (χ4v) is 3.06. The Balaban J connectivity index is 1.69. The van der Waals surface area contributed by atoms with Crippen LogP contribution >= 0.6 is 0 Å². The van der Waals surface area contributed by atoms with Crippen molar-refractivity contribution in [1.82, 2.24) is 0 Å². The fraction of sp³-hybridized carbons (Fsp3) is 0.300. The van der Waals surface area contributed by atoms with Crippen molar-refractivity contribution in [2.75, 3.05) is 30.5 Å². The summed E-state index contributed by atoms with van der Waals surface area (Å²) in [7, 11) is 1.61. The molecular formula is C20H21FN2O3. The van der Waals surface area contributed by atoms with E-state index in [9.17, 15) is 14.0 Å². The van der Waals surface area contributed by atoms with E-state index >= 15 is 0 Å². The maximum Gasteiger partial charge on any atom is 0.228 e. The van der Waals surface area contributed by atoms with E-state index in [0.29, 0.717) is 31.7 Å². The van der Waals surface area contributed by atoms with Crippen LogP contribution in [0.4, 0.5) is 15.8 Å². The smallest absolute Gasteiger partial charge is 0.228 e. The Morgan fingerprint density at radius 2 is 1.96 bits per heavy atom. The number of rotatable bonds is 6. The molecule has 0 aromatic heterocycles. The molecule has 1 aliphatic heterocycles. The first-order chi connectivity index (χ1) is 12.6. The first-order valence-electron chi connectivity index (χ1n) is 8.53. The van der Waals surface area contributed by atoms with Gasteiger partial charge in [-0.3, -0.25) is 9.59 Å². The summed E-state index contributed by atoms with van der Waals surface area (Å²) in [4.78, 5) is 26.1. The number of nitrogens with one attached hydrogen (secondary N) is 1. The van der Waals surface area contributed by atoms with Gasteiger partial charge in [-0.1, -0.05) is 12.1 Å². The van der Waals surface area contributed by atoms with Crippen molar-refractivity contribution in [3.63, 3.8) is 0 Å². The molecular weight excluding hydrogens is 335 g/mol. The zero-order chi connectivity index (χ0) is 18.5. The SMILES string of the molecule is COCCN1C(=O)CCc2cc(NC(=O)Cc3ccc(F)cc3)ccc21. The average Bonchev–Trinajstić information content (AvgIpc) is 2.63. The monoisotopic (exact) mass is 356 g/mol. The van der Waals surface area contributed by atoms with Crippen molar-refractivity contribution in [1.29, 1.82) is 0 Å². The third-order valence-electron chi connectivity index (χ3n) is 4.36. The van der Waals surface area contributed by atoms with Crippen molar-refractivity contribution in [3.8, 4) is 0 Å². The lowest BCUT2D eigenvalue weighted by molar-refractivity contribution is -0.119. The molecule has 2 amide bonds. The van der Waals surface area contributed by atoms with E-state index in [1.165, 1.54) is 12.1 Å². The lowest BCUT2D eigenvalue weighted by Crippen LogP contribution is -2.37. The number of hydrogen-bond donors (Lipinski definition) is 1. The number of methoxy groups -OCH3 is 1. The summed E-state index contributed by atoms with van der Waals surface area (Å²) >= 11 is 0. The average molecular weight is 356 g/mol. The van der Waals surface area contributed by atoms with Gasteiger partial charge in [0.05, 0.1) is 13.0 Å². The topological polar surface area (TPSA) is 58.6 Å². The van der Waals surface area contributed by atoms with E-state index in [4.69, 9.17) is 4.74 Å². The minimum atomic E-state index is -0.323. The molecule has 5 nitrogen and oxygen atoms in total. The van der Waals surface area contributed by atoms with Gasteiger partial charge in [-0.25, -0.2) is 4.39 Å². The van der Waals surface area contributed by atoms with Crippen LogP contribution in [0.25, 0.3) is 0 Å². The minimum Gasteiger partial charge on any atom is -0.383 e. The predicted molar refractivity (Wildman–Crippen MR) is 97.7 cm³/mol. The van der Waals surface area contributed by atoms with Crippen LogP contribution in [-0.2, 0) is 27.2 Å². The Hall–Kier alpha value is -2.73. The first kappa shape index (κ1) is 18.1. The number of hydrogen-bond acceptors (Lipinski definition) is 3. The lowest BCUT2D eigenvalue weighted by Gasteiger charge is -2.29. The number of benzene rings is 2.